The summed E-state index contributed by atoms with van der Waals surface area (Å²) in [5, 5.41) is 5.04. The van der Waals surface area contributed by atoms with Gasteiger partial charge in [0, 0.05) is 19.3 Å². The molecule has 4 rings (SSSR count). The van der Waals surface area contributed by atoms with Crippen molar-refractivity contribution >= 4 is 17.0 Å². The molecule has 7 nitrogen and oxygen atoms in total. The molecule has 0 amide bonds. The van der Waals surface area contributed by atoms with Crippen molar-refractivity contribution in [1.29, 1.82) is 0 Å². The molecule has 7 heteroatoms. The molecule has 1 fully saturated rings. The SMILES string of the molecule is Cc1cccc(C)c1-n1cc2c(=O)[nH]c(N3CCOCC3)nc2n1. The molecule has 1 aliphatic heterocycles. The topological polar surface area (TPSA) is 76.0 Å². The van der Waals surface area contributed by atoms with Crippen molar-refractivity contribution in [3.63, 3.8) is 0 Å². The van der Waals surface area contributed by atoms with E-state index < -0.39 is 0 Å². The van der Waals surface area contributed by atoms with Crippen molar-refractivity contribution in [2.75, 3.05) is 31.2 Å². The number of nitrogens with zero attached hydrogens (tertiary/aromatic N) is 4. The summed E-state index contributed by atoms with van der Waals surface area (Å²) in [4.78, 5) is 21.9. The Bertz CT molecular complexity index is 933. The molecule has 3 aromatic rings. The molecule has 3 heterocycles. The third-order valence-electron chi connectivity index (χ3n) is 4.36. The van der Waals surface area contributed by atoms with Gasteiger partial charge in [-0.05, 0) is 25.0 Å². The maximum atomic E-state index is 12.4. The largest absolute Gasteiger partial charge is 0.378 e. The summed E-state index contributed by atoms with van der Waals surface area (Å²) >= 11 is 0. The van der Waals surface area contributed by atoms with Crippen molar-refractivity contribution in [3.8, 4) is 5.69 Å². The second kappa shape index (κ2) is 5.76. The van der Waals surface area contributed by atoms with Crippen molar-refractivity contribution in [2.24, 2.45) is 0 Å². The molecule has 0 saturated carbocycles. The summed E-state index contributed by atoms with van der Waals surface area (Å²) in [6.45, 7) is 6.77. The molecule has 0 aliphatic carbocycles. The average Bonchev–Trinajstić information content (AvgIpc) is 3.00. The number of ether oxygens (including phenoxy) is 1. The monoisotopic (exact) mass is 325 g/mol. The van der Waals surface area contributed by atoms with Crippen molar-refractivity contribution in [3.05, 3.63) is 45.9 Å². The van der Waals surface area contributed by atoms with Gasteiger partial charge in [0.15, 0.2) is 5.65 Å². The predicted octanol–water partition coefficient (Wildman–Crippen LogP) is 1.56. The van der Waals surface area contributed by atoms with Crippen LogP contribution in [-0.4, -0.2) is 46.1 Å². The minimum Gasteiger partial charge on any atom is -0.378 e. The van der Waals surface area contributed by atoms with Gasteiger partial charge in [0.25, 0.3) is 5.56 Å². The normalized spacial score (nSPS) is 15.2. The van der Waals surface area contributed by atoms with E-state index in [4.69, 9.17) is 4.74 Å². The van der Waals surface area contributed by atoms with Gasteiger partial charge in [-0.1, -0.05) is 18.2 Å². The van der Waals surface area contributed by atoms with E-state index in [1.165, 1.54) is 0 Å². The third kappa shape index (κ3) is 2.46. The number of H-pyrrole nitrogens is 1. The molecule has 0 bridgehead atoms. The van der Waals surface area contributed by atoms with Crippen LogP contribution < -0.4 is 10.5 Å². The zero-order chi connectivity index (χ0) is 16.7. The number of anilines is 1. The van der Waals surface area contributed by atoms with Crippen LogP contribution >= 0.6 is 0 Å². The number of hydrogen-bond acceptors (Lipinski definition) is 5. The maximum Gasteiger partial charge on any atom is 0.263 e. The van der Waals surface area contributed by atoms with Crippen LogP contribution in [0.1, 0.15) is 11.1 Å². The van der Waals surface area contributed by atoms with Crippen molar-refractivity contribution in [2.45, 2.75) is 13.8 Å². The zero-order valence-corrected chi connectivity index (χ0v) is 13.7. The van der Waals surface area contributed by atoms with Crippen LogP contribution in [0.5, 0.6) is 0 Å². The van der Waals surface area contributed by atoms with E-state index >= 15 is 0 Å². The number of aromatic amines is 1. The number of aromatic nitrogens is 4. The van der Waals surface area contributed by atoms with Gasteiger partial charge in [0.05, 0.1) is 18.9 Å². The Morgan fingerprint density at radius 3 is 2.58 bits per heavy atom. The summed E-state index contributed by atoms with van der Waals surface area (Å²) in [5.74, 6) is 0.558. The highest BCUT2D eigenvalue weighted by atomic mass is 16.5. The Kier molecular flexibility index (Phi) is 3.57. The van der Waals surface area contributed by atoms with E-state index in [1.807, 2.05) is 36.9 Å². The van der Waals surface area contributed by atoms with Gasteiger partial charge in [0.1, 0.15) is 5.39 Å². The van der Waals surface area contributed by atoms with Crippen LogP contribution in [-0.2, 0) is 4.74 Å². The van der Waals surface area contributed by atoms with Gasteiger partial charge in [0.2, 0.25) is 5.95 Å². The van der Waals surface area contributed by atoms with E-state index in [0.717, 1.165) is 16.8 Å². The Labute approximate surface area is 138 Å². The van der Waals surface area contributed by atoms with Crippen LogP contribution in [0.3, 0.4) is 0 Å². The molecule has 0 atom stereocenters. The lowest BCUT2D eigenvalue weighted by atomic mass is 10.1. The Balaban J connectivity index is 1.83. The minimum absolute atomic E-state index is 0.168. The second-order valence-corrected chi connectivity index (χ2v) is 6.04. The first-order valence-electron chi connectivity index (χ1n) is 8.02. The Morgan fingerprint density at radius 1 is 1.17 bits per heavy atom. The Hall–Kier alpha value is -2.67. The van der Waals surface area contributed by atoms with E-state index in [-0.39, 0.29) is 5.56 Å². The fraction of sp³-hybridized carbons (Fsp3) is 0.353. The molecule has 0 spiro atoms. The lowest BCUT2D eigenvalue weighted by molar-refractivity contribution is 0.122. The third-order valence-corrected chi connectivity index (χ3v) is 4.36. The van der Waals surface area contributed by atoms with E-state index in [1.54, 1.807) is 10.9 Å². The highest BCUT2D eigenvalue weighted by molar-refractivity contribution is 5.75. The number of benzene rings is 1. The van der Waals surface area contributed by atoms with Gasteiger partial charge in [-0.25, -0.2) is 4.68 Å². The minimum atomic E-state index is -0.168. The van der Waals surface area contributed by atoms with Gasteiger partial charge in [-0.3, -0.25) is 9.78 Å². The van der Waals surface area contributed by atoms with E-state index in [0.29, 0.717) is 43.3 Å². The first kappa shape index (κ1) is 14.9. The predicted molar refractivity (Wildman–Crippen MR) is 92.0 cm³/mol. The summed E-state index contributed by atoms with van der Waals surface area (Å²) in [6.07, 6.45) is 1.75. The molecule has 124 valence electrons. The van der Waals surface area contributed by atoms with Gasteiger partial charge >= 0.3 is 0 Å². The smallest absolute Gasteiger partial charge is 0.263 e. The quantitative estimate of drug-likeness (QED) is 0.774. The van der Waals surface area contributed by atoms with Gasteiger partial charge in [-0.2, -0.15) is 4.98 Å². The molecule has 0 unspecified atom stereocenters. The molecule has 0 radical (unpaired) electrons. The number of morpholine rings is 1. The zero-order valence-electron chi connectivity index (χ0n) is 13.7. The Morgan fingerprint density at radius 2 is 1.88 bits per heavy atom. The van der Waals surface area contributed by atoms with Crippen LogP contribution in [0, 0.1) is 13.8 Å². The first-order valence-corrected chi connectivity index (χ1v) is 8.02. The summed E-state index contributed by atoms with van der Waals surface area (Å²) in [5.41, 5.74) is 3.49. The summed E-state index contributed by atoms with van der Waals surface area (Å²) < 4.78 is 7.10. The molecular formula is C17H19N5O2. The standard InChI is InChI=1S/C17H19N5O2/c1-11-4-3-5-12(2)14(11)22-10-13-15(20-22)18-17(19-16(13)23)21-6-8-24-9-7-21/h3-5,10H,6-9H2,1-2H3,(H,18,19,20,23). The maximum absolute atomic E-state index is 12.4. The number of hydrogen-bond donors (Lipinski definition) is 1. The lowest BCUT2D eigenvalue weighted by Gasteiger charge is -2.26. The molecule has 1 aliphatic rings. The van der Waals surface area contributed by atoms with Gasteiger partial charge in [-0.15, -0.1) is 5.10 Å². The number of nitrogens with one attached hydrogen (secondary N) is 1. The van der Waals surface area contributed by atoms with Crippen LogP contribution in [0.15, 0.2) is 29.2 Å². The van der Waals surface area contributed by atoms with Crippen molar-refractivity contribution < 1.29 is 4.74 Å². The lowest BCUT2D eigenvalue weighted by Crippen LogP contribution is -2.38. The molecule has 1 aromatic carbocycles. The van der Waals surface area contributed by atoms with E-state index in [2.05, 4.69) is 15.1 Å². The second-order valence-electron chi connectivity index (χ2n) is 6.04. The fourth-order valence-corrected chi connectivity index (χ4v) is 3.11. The highest BCUT2D eigenvalue weighted by Crippen LogP contribution is 2.20. The molecule has 1 N–H and O–H groups in total. The van der Waals surface area contributed by atoms with Crippen LogP contribution in [0.4, 0.5) is 5.95 Å². The molecule has 24 heavy (non-hydrogen) atoms. The number of para-hydroxylation sites is 1. The van der Waals surface area contributed by atoms with Crippen molar-refractivity contribution in [1.82, 2.24) is 19.7 Å². The number of aryl methyl sites for hydroxylation is 2. The first-order chi connectivity index (χ1) is 11.6. The van der Waals surface area contributed by atoms with E-state index in [9.17, 15) is 4.79 Å². The molecule has 2 aromatic heterocycles. The molecule has 1 saturated heterocycles. The number of rotatable bonds is 2. The summed E-state index contributed by atoms with van der Waals surface area (Å²) in [7, 11) is 0. The van der Waals surface area contributed by atoms with Crippen LogP contribution in [0.2, 0.25) is 0 Å². The molecular weight excluding hydrogens is 306 g/mol. The summed E-state index contributed by atoms with van der Waals surface area (Å²) in [6, 6.07) is 6.08. The highest BCUT2D eigenvalue weighted by Gasteiger charge is 2.17. The average molecular weight is 325 g/mol. The number of fused-ring (bicyclic) bond motifs is 1. The van der Waals surface area contributed by atoms with Crippen LogP contribution in [0.25, 0.3) is 16.7 Å². The fourth-order valence-electron chi connectivity index (χ4n) is 3.11. The van der Waals surface area contributed by atoms with Gasteiger partial charge < -0.3 is 9.64 Å².